The van der Waals surface area contributed by atoms with Crippen molar-refractivity contribution in [1.29, 1.82) is 0 Å². The molecule has 3 aromatic rings. The third-order valence-electron chi connectivity index (χ3n) is 2.88. The summed E-state index contributed by atoms with van der Waals surface area (Å²) in [7, 11) is 0. The van der Waals surface area contributed by atoms with Gasteiger partial charge in [-0.25, -0.2) is 4.98 Å². The molecule has 2 aromatic heterocycles. The first kappa shape index (κ1) is 11.9. The molecule has 1 N–H and O–H groups in total. The summed E-state index contributed by atoms with van der Waals surface area (Å²) in [6.45, 7) is 2.60. The Bertz CT molecular complexity index is 758. The predicted molar refractivity (Wildman–Crippen MR) is 77.8 cm³/mol. The Balaban J connectivity index is 1.81. The molecular formula is C14H13N3OS. The first-order valence-corrected chi connectivity index (χ1v) is 6.87. The van der Waals surface area contributed by atoms with Gasteiger partial charge in [0.1, 0.15) is 0 Å². The van der Waals surface area contributed by atoms with Crippen LogP contribution in [0.4, 0.5) is 5.69 Å². The maximum atomic E-state index is 11.8. The van der Waals surface area contributed by atoms with Gasteiger partial charge in [-0.05, 0) is 19.1 Å². The second kappa shape index (κ2) is 4.85. The zero-order valence-electron chi connectivity index (χ0n) is 10.5. The monoisotopic (exact) mass is 271 g/mol. The highest BCUT2D eigenvalue weighted by Gasteiger charge is 2.03. The van der Waals surface area contributed by atoms with E-state index >= 15 is 0 Å². The molecule has 0 aliphatic carbocycles. The standard InChI is InChI=1S/C14H13N3OS/c1-10-2-4-11(5-3-10)15-9-12-8-13(18)17-6-7-19-14(17)16-12/h2-8,15H,9H2,1H3. The molecule has 19 heavy (non-hydrogen) atoms. The van der Waals surface area contributed by atoms with Crippen molar-refractivity contribution in [2.24, 2.45) is 0 Å². The van der Waals surface area contributed by atoms with Gasteiger partial charge in [-0.1, -0.05) is 17.7 Å². The van der Waals surface area contributed by atoms with Crippen molar-refractivity contribution in [3.05, 3.63) is 63.5 Å². The van der Waals surface area contributed by atoms with Crippen molar-refractivity contribution in [2.75, 3.05) is 5.32 Å². The molecular weight excluding hydrogens is 258 g/mol. The number of aromatic nitrogens is 2. The molecule has 96 valence electrons. The van der Waals surface area contributed by atoms with Crippen LogP contribution in [0.2, 0.25) is 0 Å². The molecule has 0 amide bonds. The average Bonchev–Trinajstić information content (AvgIpc) is 2.87. The van der Waals surface area contributed by atoms with Crippen LogP contribution in [0.3, 0.4) is 0 Å². The largest absolute Gasteiger partial charge is 0.379 e. The third-order valence-corrected chi connectivity index (χ3v) is 3.64. The van der Waals surface area contributed by atoms with Crippen molar-refractivity contribution in [3.63, 3.8) is 0 Å². The summed E-state index contributed by atoms with van der Waals surface area (Å²) in [5.41, 5.74) is 2.97. The van der Waals surface area contributed by atoms with Crippen LogP contribution < -0.4 is 10.9 Å². The molecule has 3 rings (SSSR count). The molecule has 1 aromatic carbocycles. The van der Waals surface area contributed by atoms with Crippen molar-refractivity contribution >= 4 is 22.0 Å². The number of thiazole rings is 1. The predicted octanol–water partition coefficient (Wildman–Crippen LogP) is 2.68. The fourth-order valence-corrected chi connectivity index (χ4v) is 2.58. The van der Waals surface area contributed by atoms with Gasteiger partial charge < -0.3 is 5.32 Å². The highest BCUT2D eigenvalue weighted by atomic mass is 32.1. The summed E-state index contributed by atoms with van der Waals surface area (Å²) < 4.78 is 1.56. The molecule has 0 bridgehead atoms. The summed E-state index contributed by atoms with van der Waals surface area (Å²) in [4.78, 5) is 17.0. The molecule has 5 heteroatoms. The zero-order chi connectivity index (χ0) is 13.2. The summed E-state index contributed by atoms with van der Waals surface area (Å²) in [5.74, 6) is 0. The van der Waals surface area contributed by atoms with Gasteiger partial charge in [0.2, 0.25) is 0 Å². The number of aryl methyl sites for hydroxylation is 1. The van der Waals surface area contributed by atoms with Crippen LogP contribution in [0.1, 0.15) is 11.3 Å². The number of nitrogens with one attached hydrogen (secondary N) is 1. The first-order chi connectivity index (χ1) is 9.22. The Kier molecular flexibility index (Phi) is 3.05. The molecule has 4 nitrogen and oxygen atoms in total. The first-order valence-electron chi connectivity index (χ1n) is 5.99. The normalized spacial score (nSPS) is 10.8. The Morgan fingerprint density at radius 3 is 2.89 bits per heavy atom. The van der Waals surface area contributed by atoms with Gasteiger partial charge >= 0.3 is 0 Å². The smallest absolute Gasteiger partial charge is 0.258 e. The summed E-state index contributed by atoms with van der Waals surface area (Å²) >= 11 is 1.46. The lowest BCUT2D eigenvalue weighted by Crippen LogP contribution is -2.14. The highest BCUT2D eigenvalue weighted by molar-refractivity contribution is 7.15. The number of nitrogens with zero attached hydrogens (tertiary/aromatic N) is 2. The zero-order valence-corrected chi connectivity index (χ0v) is 11.3. The molecule has 0 fully saturated rings. The molecule has 0 saturated carbocycles. The molecule has 0 spiro atoms. The van der Waals surface area contributed by atoms with E-state index in [1.165, 1.54) is 16.9 Å². The lowest BCUT2D eigenvalue weighted by atomic mass is 10.2. The van der Waals surface area contributed by atoms with E-state index in [-0.39, 0.29) is 5.56 Å². The van der Waals surface area contributed by atoms with E-state index in [2.05, 4.69) is 17.2 Å². The maximum Gasteiger partial charge on any atom is 0.258 e. The van der Waals surface area contributed by atoms with E-state index in [1.807, 2.05) is 29.6 Å². The Morgan fingerprint density at radius 1 is 1.32 bits per heavy atom. The van der Waals surface area contributed by atoms with Crippen LogP contribution in [0, 0.1) is 6.92 Å². The van der Waals surface area contributed by atoms with E-state index < -0.39 is 0 Å². The van der Waals surface area contributed by atoms with Crippen LogP contribution in [0.5, 0.6) is 0 Å². The van der Waals surface area contributed by atoms with E-state index in [4.69, 9.17) is 0 Å². The minimum absolute atomic E-state index is 0.0352. The molecule has 2 heterocycles. The third kappa shape index (κ3) is 2.51. The molecule has 0 atom stereocenters. The van der Waals surface area contributed by atoms with Crippen LogP contribution in [-0.2, 0) is 6.54 Å². The quantitative estimate of drug-likeness (QED) is 0.796. The Hall–Kier alpha value is -2.14. The van der Waals surface area contributed by atoms with Crippen LogP contribution in [0.15, 0.2) is 46.7 Å². The Labute approximate surface area is 114 Å². The van der Waals surface area contributed by atoms with E-state index in [0.29, 0.717) is 6.54 Å². The highest BCUT2D eigenvalue weighted by Crippen LogP contribution is 2.11. The van der Waals surface area contributed by atoms with Crippen molar-refractivity contribution < 1.29 is 0 Å². The van der Waals surface area contributed by atoms with Crippen molar-refractivity contribution in [1.82, 2.24) is 9.38 Å². The molecule has 0 radical (unpaired) electrons. The number of anilines is 1. The lowest BCUT2D eigenvalue weighted by molar-refractivity contribution is 0.990. The topological polar surface area (TPSA) is 46.4 Å². The van der Waals surface area contributed by atoms with E-state index in [9.17, 15) is 4.79 Å². The van der Waals surface area contributed by atoms with Gasteiger partial charge in [-0.15, -0.1) is 11.3 Å². The van der Waals surface area contributed by atoms with E-state index in [1.54, 1.807) is 16.7 Å². The van der Waals surface area contributed by atoms with Gasteiger partial charge in [-0.3, -0.25) is 9.20 Å². The molecule has 0 aliphatic rings. The SMILES string of the molecule is Cc1ccc(NCc2cc(=O)n3ccsc3n2)cc1. The number of benzene rings is 1. The summed E-state index contributed by atoms with van der Waals surface area (Å²) in [5, 5.41) is 5.13. The number of hydrogen-bond acceptors (Lipinski definition) is 4. The lowest BCUT2D eigenvalue weighted by Gasteiger charge is -2.06. The molecule has 0 unspecified atom stereocenters. The minimum atomic E-state index is -0.0352. The van der Waals surface area contributed by atoms with Crippen molar-refractivity contribution in [2.45, 2.75) is 13.5 Å². The number of fused-ring (bicyclic) bond motifs is 1. The van der Waals surface area contributed by atoms with Crippen LogP contribution in [-0.4, -0.2) is 9.38 Å². The second-order valence-electron chi connectivity index (χ2n) is 4.36. The van der Waals surface area contributed by atoms with Gasteiger partial charge in [0.15, 0.2) is 4.96 Å². The van der Waals surface area contributed by atoms with Crippen molar-refractivity contribution in [3.8, 4) is 0 Å². The fraction of sp³-hybridized carbons (Fsp3) is 0.143. The van der Waals surface area contributed by atoms with Crippen LogP contribution >= 0.6 is 11.3 Å². The molecule has 0 aliphatic heterocycles. The summed E-state index contributed by atoms with van der Waals surface area (Å²) in [6.07, 6.45) is 1.74. The fourth-order valence-electron chi connectivity index (χ4n) is 1.84. The molecule has 0 saturated heterocycles. The second-order valence-corrected chi connectivity index (χ2v) is 5.23. The van der Waals surface area contributed by atoms with Gasteiger partial charge in [0, 0.05) is 23.3 Å². The Morgan fingerprint density at radius 2 is 2.11 bits per heavy atom. The summed E-state index contributed by atoms with van der Waals surface area (Å²) in [6, 6.07) is 9.71. The van der Waals surface area contributed by atoms with Gasteiger partial charge in [0.25, 0.3) is 5.56 Å². The van der Waals surface area contributed by atoms with Gasteiger partial charge in [-0.2, -0.15) is 0 Å². The maximum absolute atomic E-state index is 11.8. The van der Waals surface area contributed by atoms with Gasteiger partial charge in [0.05, 0.1) is 12.2 Å². The average molecular weight is 271 g/mol. The number of hydrogen-bond donors (Lipinski definition) is 1. The van der Waals surface area contributed by atoms with E-state index in [0.717, 1.165) is 16.3 Å². The number of rotatable bonds is 3. The minimum Gasteiger partial charge on any atom is -0.379 e. The van der Waals surface area contributed by atoms with Crippen LogP contribution in [0.25, 0.3) is 4.96 Å².